The van der Waals surface area contributed by atoms with Crippen molar-refractivity contribution in [2.24, 2.45) is 10.1 Å². The summed E-state index contributed by atoms with van der Waals surface area (Å²) < 4.78 is 0. The van der Waals surface area contributed by atoms with E-state index in [2.05, 4.69) is 10.1 Å². The third-order valence-corrected chi connectivity index (χ3v) is 2.30. The molecule has 3 N–H and O–H groups in total. The molecule has 0 aliphatic carbocycles. The molecular formula is C12H11N3O2. The predicted octanol–water partition coefficient (Wildman–Crippen LogP) is 2.31. The van der Waals surface area contributed by atoms with Crippen LogP contribution in [0.2, 0.25) is 0 Å². The lowest BCUT2D eigenvalue weighted by atomic mass is 10.1. The number of hydrogen-bond acceptors (Lipinski definition) is 4. The predicted molar refractivity (Wildman–Crippen MR) is 66.2 cm³/mol. The van der Waals surface area contributed by atoms with Gasteiger partial charge < -0.3 is 5.21 Å². The van der Waals surface area contributed by atoms with Crippen LogP contribution >= 0.6 is 0 Å². The Balaban J connectivity index is 2.55. The summed E-state index contributed by atoms with van der Waals surface area (Å²) in [5, 5.41) is 22.0. The number of fused-ring (bicyclic) bond motifs is 1. The summed E-state index contributed by atoms with van der Waals surface area (Å²) in [6.45, 7) is 0. The molecule has 0 aliphatic rings. The molecule has 0 spiro atoms. The van der Waals surface area contributed by atoms with E-state index in [0.29, 0.717) is 5.69 Å². The minimum absolute atomic E-state index is 0.0591. The molecule has 0 radical (unpaired) electrons. The van der Waals surface area contributed by atoms with Crippen molar-refractivity contribution in [1.82, 2.24) is 5.48 Å². The normalized spacial score (nSPS) is 12.2. The fraction of sp³-hybridized carbons (Fsp3) is 0. The highest BCUT2D eigenvalue weighted by Gasteiger charge is 2.00. The fourth-order valence-corrected chi connectivity index (χ4v) is 1.57. The van der Waals surface area contributed by atoms with Crippen LogP contribution in [0.25, 0.3) is 10.8 Å². The largest absolute Gasteiger partial charge is 0.411 e. The molecule has 0 bridgehead atoms. The maximum atomic E-state index is 8.81. The van der Waals surface area contributed by atoms with Crippen LogP contribution in [0.15, 0.2) is 52.6 Å². The second-order valence-electron chi connectivity index (χ2n) is 3.35. The van der Waals surface area contributed by atoms with Crippen molar-refractivity contribution in [1.29, 1.82) is 0 Å². The minimum atomic E-state index is 0.0591. The van der Waals surface area contributed by atoms with Crippen molar-refractivity contribution in [3.05, 3.63) is 42.5 Å². The maximum Gasteiger partial charge on any atom is 0.172 e. The Hall–Kier alpha value is -2.40. The molecule has 0 atom stereocenters. The van der Waals surface area contributed by atoms with Crippen LogP contribution in [0.3, 0.4) is 0 Å². The number of oxime groups is 1. The van der Waals surface area contributed by atoms with Gasteiger partial charge in [0, 0.05) is 5.39 Å². The monoisotopic (exact) mass is 229 g/mol. The van der Waals surface area contributed by atoms with E-state index in [1.165, 1.54) is 0 Å². The van der Waals surface area contributed by atoms with Crippen LogP contribution in [0.5, 0.6) is 0 Å². The second kappa shape index (κ2) is 5.09. The second-order valence-corrected chi connectivity index (χ2v) is 3.35. The number of rotatable bonds is 2. The summed E-state index contributed by atoms with van der Waals surface area (Å²) >= 11 is 0. The van der Waals surface area contributed by atoms with Crippen molar-refractivity contribution in [2.45, 2.75) is 0 Å². The van der Waals surface area contributed by atoms with Crippen molar-refractivity contribution in [3.8, 4) is 0 Å². The van der Waals surface area contributed by atoms with Gasteiger partial charge in [0.25, 0.3) is 0 Å². The molecule has 0 unspecified atom stereocenters. The number of hydroxylamine groups is 1. The average Bonchev–Trinajstić information content (AvgIpc) is 2.38. The standard InChI is InChI=1S/C12H11N3O2/c16-13-8-12(15-17)14-11-7-3-5-9-4-1-2-6-10(9)11/h1-8,16-17H,(H,14,15)/b13-8+. The first-order valence-corrected chi connectivity index (χ1v) is 4.99. The van der Waals surface area contributed by atoms with Crippen LogP contribution in [0, 0.1) is 0 Å². The zero-order valence-corrected chi connectivity index (χ0v) is 8.91. The molecular weight excluding hydrogens is 218 g/mol. The summed E-state index contributed by atoms with van der Waals surface area (Å²) in [7, 11) is 0. The molecule has 0 aromatic heterocycles. The number of nitrogens with one attached hydrogen (secondary N) is 1. The van der Waals surface area contributed by atoms with Crippen LogP contribution < -0.4 is 5.48 Å². The zero-order chi connectivity index (χ0) is 12.1. The molecule has 2 rings (SSSR count). The Morgan fingerprint density at radius 3 is 2.65 bits per heavy atom. The molecule has 0 heterocycles. The molecule has 5 nitrogen and oxygen atoms in total. The van der Waals surface area contributed by atoms with E-state index in [1.54, 1.807) is 0 Å². The highest BCUT2D eigenvalue weighted by molar-refractivity contribution is 6.29. The quantitative estimate of drug-likeness (QED) is 0.320. The van der Waals surface area contributed by atoms with Gasteiger partial charge in [0.05, 0.1) is 5.69 Å². The highest BCUT2D eigenvalue weighted by Crippen LogP contribution is 2.25. The lowest BCUT2D eigenvalue weighted by Gasteiger charge is -2.02. The molecule has 0 saturated heterocycles. The molecule has 5 heteroatoms. The van der Waals surface area contributed by atoms with Gasteiger partial charge in [-0.1, -0.05) is 41.6 Å². The first-order chi connectivity index (χ1) is 8.35. The molecule has 2 aromatic rings. The van der Waals surface area contributed by atoms with Crippen LogP contribution in [-0.2, 0) is 0 Å². The number of nitrogens with zero attached hydrogens (tertiary/aromatic N) is 2. The molecule has 0 aliphatic heterocycles. The average molecular weight is 229 g/mol. The van der Waals surface area contributed by atoms with Gasteiger partial charge in [0.1, 0.15) is 6.21 Å². The third-order valence-electron chi connectivity index (χ3n) is 2.30. The van der Waals surface area contributed by atoms with Crippen LogP contribution in [0.1, 0.15) is 0 Å². The first kappa shape index (κ1) is 11.1. The Morgan fingerprint density at radius 2 is 1.88 bits per heavy atom. The summed E-state index contributed by atoms with van der Waals surface area (Å²) in [5.74, 6) is 0.0591. The van der Waals surface area contributed by atoms with Crippen molar-refractivity contribution in [2.75, 3.05) is 0 Å². The Bertz CT molecular complexity index is 573. The van der Waals surface area contributed by atoms with Crippen molar-refractivity contribution < 1.29 is 10.4 Å². The molecule has 17 heavy (non-hydrogen) atoms. The van der Waals surface area contributed by atoms with Crippen molar-refractivity contribution >= 4 is 28.5 Å². The van der Waals surface area contributed by atoms with Gasteiger partial charge in [-0.05, 0) is 11.5 Å². The Kier molecular flexibility index (Phi) is 3.32. The van der Waals surface area contributed by atoms with Gasteiger partial charge in [-0.3, -0.25) is 10.7 Å². The number of aliphatic imine (C=N–C) groups is 1. The Labute approximate surface area is 97.7 Å². The van der Waals surface area contributed by atoms with Gasteiger partial charge in [-0.25, -0.2) is 4.99 Å². The van der Waals surface area contributed by atoms with E-state index in [4.69, 9.17) is 10.4 Å². The molecule has 0 fully saturated rings. The summed E-state index contributed by atoms with van der Waals surface area (Å²) in [4.78, 5) is 4.14. The van der Waals surface area contributed by atoms with Crippen molar-refractivity contribution in [3.63, 3.8) is 0 Å². The number of amidine groups is 1. The molecule has 0 amide bonds. The maximum absolute atomic E-state index is 8.81. The summed E-state index contributed by atoms with van der Waals surface area (Å²) in [5.41, 5.74) is 2.54. The zero-order valence-electron chi connectivity index (χ0n) is 8.91. The number of benzene rings is 2. The highest BCUT2D eigenvalue weighted by atomic mass is 16.5. The van der Waals surface area contributed by atoms with E-state index in [9.17, 15) is 0 Å². The first-order valence-electron chi connectivity index (χ1n) is 4.99. The minimum Gasteiger partial charge on any atom is -0.411 e. The van der Waals surface area contributed by atoms with Gasteiger partial charge in [0.2, 0.25) is 0 Å². The van der Waals surface area contributed by atoms with E-state index >= 15 is 0 Å². The SMILES string of the molecule is O/N=C/C(=Nc1cccc2ccccc12)NO. The van der Waals surface area contributed by atoms with E-state index in [-0.39, 0.29) is 5.84 Å². The van der Waals surface area contributed by atoms with E-state index in [0.717, 1.165) is 17.0 Å². The third kappa shape index (κ3) is 2.40. The Morgan fingerprint density at radius 1 is 1.12 bits per heavy atom. The van der Waals surface area contributed by atoms with Crippen LogP contribution in [0.4, 0.5) is 5.69 Å². The topological polar surface area (TPSA) is 77.2 Å². The molecule has 2 aromatic carbocycles. The molecule has 86 valence electrons. The van der Waals surface area contributed by atoms with Crippen LogP contribution in [-0.4, -0.2) is 22.5 Å². The fourth-order valence-electron chi connectivity index (χ4n) is 1.57. The van der Waals surface area contributed by atoms with E-state index in [1.807, 2.05) is 47.9 Å². The van der Waals surface area contributed by atoms with E-state index < -0.39 is 0 Å². The van der Waals surface area contributed by atoms with Gasteiger partial charge in [-0.2, -0.15) is 0 Å². The summed E-state index contributed by atoms with van der Waals surface area (Å²) in [6, 6.07) is 13.4. The lowest BCUT2D eigenvalue weighted by molar-refractivity contribution is 0.236. The van der Waals surface area contributed by atoms with Gasteiger partial charge in [-0.15, -0.1) is 0 Å². The molecule has 0 saturated carbocycles. The van der Waals surface area contributed by atoms with Gasteiger partial charge >= 0.3 is 0 Å². The van der Waals surface area contributed by atoms with Gasteiger partial charge in [0.15, 0.2) is 5.84 Å². The lowest BCUT2D eigenvalue weighted by Crippen LogP contribution is -2.19. The summed E-state index contributed by atoms with van der Waals surface area (Å²) in [6.07, 6.45) is 1.02. The smallest absolute Gasteiger partial charge is 0.172 e. The number of hydrogen-bond donors (Lipinski definition) is 3.